The monoisotopic (exact) mass is 464 g/mol. The molecule has 0 aliphatic carbocycles. The molecule has 10 heteroatoms. The molecule has 1 saturated heterocycles. The third kappa shape index (κ3) is 4.76. The van der Waals surface area contributed by atoms with Crippen molar-refractivity contribution in [3.8, 4) is 16.4 Å². The van der Waals surface area contributed by atoms with Gasteiger partial charge in [0.05, 0.1) is 23.8 Å². The van der Waals surface area contributed by atoms with E-state index < -0.39 is 5.91 Å². The summed E-state index contributed by atoms with van der Waals surface area (Å²) in [4.78, 5) is 24.7. The standard InChI is InChI=1S/C23H21FN6O2S/c24-17-3-1-4-18(13-17)30-22(19-5-2-12-33-19)27-21(28-30)23(31)26-15-16-6-7-20(25-14-16)29-8-10-32-11-9-29/h1-7,12-14H,8-11,15H2,(H,26,31). The Morgan fingerprint density at radius 1 is 1.15 bits per heavy atom. The SMILES string of the molecule is O=C(NCc1ccc(N2CCOCC2)nc1)c1nc(-c2cccs2)n(-c2cccc(F)c2)n1. The van der Waals surface area contributed by atoms with Crippen molar-refractivity contribution < 1.29 is 13.9 Å². The lowest BCUT2D eigenvalue weighted by molar-refractivity contribution is 0.0940. The second-order valence-corrected chi connectivity index (χ2v) is 8.38. The molecular weight excluding hydrogens is 443 g/mol. The highest BCUT2D eigenvalue weighted by Gasteiger charge is 2.20. The van der Waals surface area contributed by atoms with Gasteiger partial charge in [-0.15, -0.1) is 16.4 Å². The minimum Gasteiger partial charge on any atom is -0.378 e. The molecule has 8 nitrogen and oxygen atoms in total. The number of morpholine rings is 1. The summed E-state index contributed by atoms with van der Waals surface area (Å²) in [7, 11) is 0. The molecule has 0 saturated carbocycles. The third-order valence-electron chi connectivity index (χ3n) is 5.20. The van der Waals surface area contributed by atoms with Gasteiger partial charge >= 0.3 is 0 Å². The quantitative estimate of drug-likeness (QED) is 0.471. The smallest absolute Gasteiger partial charge is 0.291 e. The largest absolute Gasteiger partial charge is 0.378 e. The van der Waals surface area contributed by atoms with Crippen molar-refractivity contribution in [3.63, 3.8) is 0 Å². The molecule has 0 spiro atoms. The number of nitrogens with one attached hydrogen (secondary N) is 1. The molecule has 0 bridgehead atoms. The van der Waals surface area contributed by atoms with E-state index in [9.17, 15) is 9.18 Å². The van der Waals surface area contributed by atoms with Crippen molar-refractivity contribution >= 4 is 23.1 Å². The Labute approximate surface area is 193 Å². The van der Waals surface area contributed by atoms with E-state index in [0.29, 0.717) is 24.7 Å². The van der Waals surface area contributed by atoms with E-state index in [2.05, 4.69) is 25.3 Å². The number of thiophene rings is 1. The number of pyridine rings is 1. The summed E-state index contributed by atoms with van der Waals surface area (Å²) >= 11 is 1.47. The van der Waals surface area contributed by atoms with Crippen molar-refractivity contribution in [1.82, 2.24) is 25.1 Å². The highest BCUT2D eigenvalue weighted by Crippen LogP contribution is 2.26. The van der Waals surface area contributed by atoms with Crippen molar-refractivity contribution in [3.05, 3.63) is 77.3 Å². The molecule has 1 fully saturated rings. The van der Waals surface area contributed by atoms with Crippen LogP contribution in [0.15, 0.2) is 60.1 Å². The number of hydrogen-bond donors (Lipinski definition) is 1. The molecule has 1 aliphatic heterocycles. The highest BCUT2D eigenvalue weighted by molar-refractivity contribution is 7.13. The first-order valence-electron chi connectivity index (χ1n) is 10.5. The van der Waals surface area contributed by atoms with Gasteiger partial charge in [-0.25, -0.2) is 19.0 Å². The van der Waals surface area contributed by atoms with Gasteiger partial charge < -0.3 is 15.0 Å². The van der Waals surface area contributed by atoms with Gasteiger partial charge in [-0.1, -0.05) is 18.2 Å². The average Bonchev–Trinajstić information content (AvgIpc) is 3.54. The summed E-state index contributed by atoms with van der Waals surface area (Å²) in [5.41, 5.74) is 1.36. The van der Waals surface area contributed by atoms with Crippen LogP contribution < -0.4 is 10.2 Å². The number of halogens is 1. The summed E-state index contributed by atoms with van der Waals surface area (Å²) in [5, 5.41) is 9.12. The van der Waals surface area contributed by atoms with Gasteiger partial charge in [0.2, 0.25) is 5.82 Å². The normalized spacial score (nSPS) is 13.8. The van der Waals surface area contributed by atoms with Gasteiger partial charge in [0, 0.05) is 25.8 Å². The first kappa shape index (κ1) is 21.2. The van der Waals surface area contributed by atoms with Crippen molar-refractivity contribution in [2.75, 3.05) is 31.2 Å². The third-order valence-corrected chi connectivity index (χ3v) is 6.07. The predicted molar refractivity (Wildman–Crippen MR) is 123 cm³/mol. The number of rotatable bonds is 6. The van der Waals surface area contributed by atoms with E-state index in [-0.39, 0.29) is 18.2 Å². The number of amides is 1. The number of benzene rings is 1. The van der Waals surface area contributed by atoms with Gasteiger partial charge in [-0.3, -0.25) is 4.79 Å². The molecule has 168 valence electrons. The van der Waals surface area contributed by atoms with Crippen LogP contribution in [0.1, 0.15) is 16.2 Å². The molecule has 1 N–H and O–H groups in total. The van der Waals surface area contributed by atoms with Gasteiger partial charge in [-0.2, -0.15) is 0 Å². The maximum Gasteiger partial charge on any atom is 0.291 e. The Balaban J connectivity index is 1.32. The van der Waals surface area contributed by atoms with E-state index in [4.69, 9.17) is 4.74 Å². The summed E-state index contributed by atoms with van der Waals surface area (Å²) in [5.74, 6) is 0.585. The summed E-state index contributed by atoms with van der Waals surface area (Å²) < 4.78 is 20.7. The molecule has 1 aromatic carbocycles. The Morgan fingerprint density at radius 2 is 2.03 bits per heavy atom. The molecule has 4 aromatic rings. The van der Waals surface area contributed by atoms with Crippen LogP contribution in [0, 0.1) is 5.82 Å². The van der Waals surface area contributed by atoms with E-state index in [0.717, 1.165) is 29.3 Å². The van der Waals surface area contributed by atoms with Gasteiger partial charge in [0.25, 0.3) is 5.91 Å². The minimum atomic E-state index is -0.416. The fraction of sp³-hybridized carbons (Fsp3) is 0.217. The second-order valence-electron chi connectivity index (χ2n) is 7.43. The van der Waals surface area contributed by atoms with Crippen LogP contribution in [0.4, 0.5) is 10.2 Å². The van der Waals surface area contributed by atoms with Crippen molar-refractivity contribution in [1.29, 1.82) is 0 Å². The number of aromatic nitrogens is 4. The van der Waals surface area contributed by atoms with Crippen molar-refractivity contribution in [2.24, 2.45) is 0 Å². The highest BCUT2D eigenvalue weighted by atomic mass is 32.1. The molecule has 4 heterocycles. The van der Waals surface area contributed by atoms with E-state index in [1.807, 2.05) is 29.6 Å². The average molecular weight is 465 g/mol. The summed E-state index contributed by atoms with van der Waals surface area (Å²) in [6, 6.07) is 13.7. The Hall–Kier alpha value is -3.63. The Kier molecular flexibility index (Phi) is 6.09. The molecule has 33 heavy (non-hydrogen) atoms. The molecular formula is C23H21FN6O2S. The zero-order valence-corrected chi connectivity index (χ0v) is 18.5. The van der Waals surface area contributed by atoms with Crippen LogP contribution in [-0.4, -0.2) is 52.0 Å². The number of carbonyl (C=O) groups excluding carboxylic acids is 1. The predicted octanol–water partition coefficient (Wildman–Crippen LogP) is 3.30. The molecule has 1 aliphatic rings. The zero-order valence-electron chi connectivity index (χ0n) is 17.6. The van der Waals surface area contributed by atoms with E-state index in [1.165, 1.54) is 28.2 Å². The second kappa shape index (κ2) is 9.47. The van der Waals surface area contributed by atoms with Gasteiger partial charge in [0.1, 0.15) is 11.6 Å². The van der Waals surface area contributed by atoms with Gasteiger partial charge in [0.15, 0.2) is 5.82 Å². The van der Waals surface area contributed by atoms with E-state index >= 15 is 0 Å². The van der Waals surface area contributed by atoms with Crippen LogP contribution >= 0.6 is 11.3 Å². The number of ether oxygens (including phenoxy) is 1. The summed E-state index contributed by atoms with van der Waals surface area (Å²) in [6.07, 6.45) is 1.75. The van der Waals surface area contributed by atoms with E-state index in [1.54, 1.807) is 18.3 Å². The fourth-order valence-corrected chi connectivity index (χ4v) is 4.22. The number of nitrogens with zero attached hydrogens (tertiary/aromatic N) is 5. The molecule has 0 atom stereocenters. The lowest BCUT2D eigenvalue weighted by Crippen LogP contribution is -2.36. The van der Waals surface area contributed by atoms with Crippen LogP contribution in [-0.2, 0) is 11.3 Å². The topological polar surface area (TPSA) is 85.2 Å². The maximum atomic E-state index is 13.8. The van der Waals surface area contributed by atoms with Crippen LogP contribution in [0.3, 0.4) is 0 Å². The molecule has 5 rings (SSSR count). The number of hydrogen-bond acceptors (Lipinski definition) is 7. The maximum absolute atomic E-state index is 13.8. The minimum absolute atomic E-state index is 0.0144. The number of carbonyl (C=O) groups is 1. The Morgan fingerprint density at radius 3 is 2.76 bits per heavy atom. The first-order chi connectivity index (χ1) is 16.2. The Bertz CT molecular complexity index is 1240. The van der Waals surface area contributed by atoms with Crippen LogP contribution in [0.25, 0.3) is 16.4 Å². The van der Waals surface area contributed by atoms with Crippen LogP contribution in [0.5, 0.6) is 0 Å². The molecule has 0 unspecified atom stereocenters. The lowest BCUT2D eigenvalue weighted by atomic mass is 10.2. The molecule has 3 aromatic heterocycles. The molecule has 1 amide bonds. The zero-order chi connectivity index (χ0) is 22.6. The number of anilines is 1. The summed E-state index contributed by atoms with van der Waals surface area (Å²) in [6.45, 7) is 3.31. The van der Waals surface area contributed by atoms with Gasteiger partial charge in [-0.05, 0) is 41.3 Å². The first-order valence-corrected chi connectivity index (χ1v) is 11.4. The molecule has 0 radical (unpaired) electrons. The van der Waals surface area contributed by atoms with Crippen molar-refractivity contribution in [2.45, 2.75) is 6.54 Å². The fourth-order valence-electron chi connectivity index (χ4n) is 3.52. The van der Waals surface area contributed by atoms with Crippen LogP contribution in [0.2, 0.25) is 0 Å². The lowest BCUT2D eigenvalue weighted by Gasteiger charge is -2.27.